The van der Waals surface area contributed by atoms with Crippen molar-refractivity contribution >= 4 is 17.7 Å². The molecule has 0 radical (unpaired) electrons. The van der Waals surface area contributed by atoms with Crippen LogP contribution in [0.5, 0.6) is 0 Å². The van der Waals surface area contributed by atoms with Crippen LogP contribution in [0, 0.1) is 0 Å². The predicted molar refractivity (Wildman–Crippen MR) is 72.2 cm³/mol. The smallest absolute Gasteiger partial charge is 0.396 e. The number of carbonyl (C=O) groups is 1. The Morgan fingerprint density at radius 2 is 2.00 bits per heavy atom. The van der Waals surface area contributed by atoms with Crippen LogP contribution in [0.4, 0.5) is 0 Å². The number of nitrogens with zero attached hydrogens (tertiary/aromatic N) is 2. The zero-order valence-corrected chi connectivity index (χ0v) is 11.7. The SMILES string of the molecule is CCOC(=O)c1nnc(SCc2ccc(CO)cc2)o1. The van der Waals surface area contributed by atoms with E-state index in [1.807, 2.05) is 24.3 Å². The van der Waals surface area contributed by atoms with Crippen molar-refractivity contribution < 1.29 is 19.1 Å². The molecule has 1 heterocycles. The quantitative estimate of drug-likeness (QED) is 0.644. The molecule has 6 nitrogen and oxygen atoms in total. The van der Waals surface area contributed by atoms with Crippen LogP contribution in [0.2, 0.25) is 0 Å². The topological polar surface area (TPSA) is 85.5 Å². The summed E-state index contributed by atoms with van der Waals surface area (Å²) in [6.45, 7) is 2.00. The van der Waals surface area contributed by atoms with Crippen molar-refractivity contribution in [1.29, 1.82) is 0 Å². The highest BCUT2D eigenvalue weighted by Gasteiger charge is 2.15. The van der Waals surface area contributed by atoms with Crippen molar-refractivity contribution in [2.24, 2.45) is 0 Å². The van der Waals surface area contributed by atoms with E-state index in [4.69, 9.17) is 14.3 Å². The number of rotatable bonds is 6. The van der Waals surface area contributed by atoms with E-state index < -0.39 is 5.97 Å². The summed E-state index contributed by atoms with van der Waals surface area (Å²) in [4.78, 5) is 11.4. The first-order chi connectivity index (χ1) is 9.72. The van der Waals surface area contributed by atoms with Gasteiger partial charge in [-0.1, -0.05) is 41.1 Å². The normalized spacial score (nSPS) is 10.5. The summed E-state index contributed by atoms with van der Waals surface area (Å²) < 4.78 is 9.95. The van der Waals surface area contributed by atoms with E-state index in [1.54, 1.807) is 6.92 Å². The van der Waals surface area contributed by atoms with Crippen molar-refractivity contribution in [3.05, 3.63) is 41.3 Å². The third-order valence-corrected chi connectivity index (χ3v) is 3.31. The molecule has 20 heavy (non-hydrogen) atoms. The molecular weight excluding hydrogens is 280 g/mol. The second-order valence-electron chi connectivity index (χ2n) is 3.86. The summed E-state index contributed by atoms with van der Waals surface area (Å²) in [5, 5.41) is 16.7. The predicted octanol–water partition coefficient (Wildman–Crippen LogP) is 2.03. The third kappa shape index (κ3) is 3.82. The van der Waals surface area contributed by atoms with Gasteiger partial charge in [-0.3, -0.25) is 0 Å². The van der Waals surface area contributed by atoms with Gasteiger partial charge in [0.05, 0.1) is 13.2 Å². The van der Waals surface area contributed by atoms with Crippen LogP contribution in [0.3, 0.4) is 0 Å². The molecule has 0 aliphatic heterocycles. The number of aliphatic hydroxyl groups is 1. The van der Waals surface area contributed by atoms with Crippen LogP contribution in [-0.4, -0.2) is 27.9 Å². The molecule has 0 saturated carbocycles. The van der Waals surface area contributed by atoms with E-state index in [1.165, 1.54) is 11.8 Å². The lowest BCUT2D eigenvalue weighted by molar-refractivity contribution is 0.0475. The molecule has 0 amide bonds. The molecule has 7 heteroatoms. The maximum absolute atomic E-state index is 11.4. The fourth-order valence-corrected chi connectivity index (χ4v) is 2.15. The molecular formula is C13H14N2O4S. The highest BCUT2D eigenvalue weighted by atomic mass is 32.2. The molecule has 0 aliphatic rings. The van der Waals surface area contributed by atoms with Gasteiger partial charge in [-0.2, -0.15) is 0 Å². The second-order valence-corrected chi connectivity index (χ2v) is 4.78. The van der Waals surface area contributed by atoms with E-state index in [2.05, 4.69) is 10.2 Å². The summed E-state index contributed by atoms with van der Waals surface area (Å²) in [6, 6.07) is 7.55. The van der Waals surface area contributed by atoms with Crippen molar-refractivity contribution in [3.63, 3.8) is 0 Å². The number of hydrogen-bond donors (Lipinski definition) is 1. The second kappa shape index (κ2) is 7.06. The fourth-order valence-electron chi connectivity index (χ4n) is 1.43. The summed E-state index contributed by atoms with van der Waals surface area (Å²) in [6.07, 6.45) is 0. The molecule has 106 valence electrons. The Morgan fingerprint density at radius 1 is 1.30 bits per heavy atom. The van der Waals surface area contributed by atoms with Crippen LogP contribution >= 0.6 is 11.8 Å². The number of aromatic nitrogens is 2. The maximum atomic E-state index is 11.4. The molecule has 0 unspecified atom stereocenters. The summed E-state index contributed by atoms with van der Waals surface area (Å²) in [5.41, 5.74) is 1.92. The maximum Gasteiger partial charge on any atom is 0.396 e. The Labute approximate surface area is 120 Å². The molecule has 2 rings (SSSR count). The van der Waals surface area contributed by atoms with E-state index >= 15 is 0 Å². The Hall–Kier alpha value is -1.86. The van der Waals surface area contributed by atoms with Crippen LogP contribution in [-0.2, 0) is 17.1 Å². The lowest BCUT2D eigenvalue weighted by Crippen LogP contribution is -2.04. The summed E-state index contributed by atoms with van der Waals surface area (Å²) in [7, 11) is 0. The lowest BCUT2D eigenvalue weighted by atomic mass is 10.2. The summed E-state index contributed by atoms with van der Waals surface area (Å²) in [5.74, 6) is -0.111. The Kier molecular flexibility index (Phi) is 5.14. The van der Waals surface area contributed by atoms with Crippen LogP contribution in [0.1, 0.15) is 28.7 Å². The van der Waals surface area contributed by atoms with Crippen LogP contribution in [0.15, 0.2) is 33.9 Å². The van der Waals surface area contributed by atoms with E-state index in [-0.39, 0.29) is 19.1 Å². The average Bonchev–Trinajstić information content (AvgIpc) is 2.95. The number of benzene rings is 1. The highest BCUT2D eigenvalue weighted by molar-refractivity contribution is 7.98. The van der Waals surface area contributed by atoms with Gasteiger partial charge in [0.2, 0.25) is 0 Å². The van der Waals surface area contributed by atoms with Crippen molar-refractivity contribution in [1.82, 2.24) is 10.2 Å². The van der Waals surface area contributed by atoms with Gasteiger partial charge in [0, 0.05) is 5.75 Å². The van der Waals surface area contributed by atoms with Crippen molar-refractivity contribution in [3.8, 4) is 0 Å². The molecule has 1 N–H and O–H groups in total. The van der Waals surface area contributed by atoms with Gasteiger partial charge in [-0.25, -0.2) is 4.79 Å². The first-order valence-corrected chi connectivity index (χ1v) is 7.03. The molecule has 0 spiro atoms. The first kappa shape index (κ1) is 14.5. The molecule has 0 fully saturated rings. The Morgan fingerprint density at radius 3 is 2.65 bits per heavy atom. The molecule has 0 aliphatic carbocycles. The minimum absolute atomic E-state index is 0.0278. The van der Waals surface area contributed by atoms with Crippen molar-refractivity contribution in [2.75, 3.05) is 6.61 Å². The fraction of sp³-hybridized carbons (Fsp3) is 0.308. The molecule has 1 aromatic heterocycles. The van der Waals surface area contributed by atoms with Crippen molar-refractivity contribution in [2.45, 2.75) is 24.5 Å². The zero-order chi connectivity index (χ0) is 14.4. The monoisotopic (exact) mass is 294 g/mol. The minimum atomic E-state index is -0.612. The zero-order valence-electron chi connectivity index (χ0n) is 10.9. The minimum Gasteiger partial charge on any atom is -0.459 e. The van der Waals surface area contributed by atoms with E-state index in [0.29, 0.717) is 11.0 Å². The number of hydrogen-bond acceptors (Lipinski definition) is 7. The van der Waals surface area contributed by atoms with Gasteiger partial charge in [-0.05, 0) is 18.1 Å². The van der Waals surface area contributed by atoms with Gasteiger partial charge in [0.1, 0.15) is 0 Å². The lowest BCUT2D eigenvalue weighted by Gasteiger charge is -2.00. The van der Waals surface area contributed by atoms with E-state index in [0.717, 1.165) is 11.1 Å². The Balaban J connectivity index is 1.91. The van der Waals surface area contributed by atoms with Gasteiger partial charge < -0.3 is 14.3 Å². The van der Waals surface area contributed by atoms with Gasteiger partial charge in [0.25, 0.3) is 5.22 Å². The van der Waals surface area contributed by atoms with Crippen LogP contribution < -0.4 is 0 Å². The number of esters is 1. The van der Waals surface area contributed by atoms with Gasteiger partial charge in [-0.15, -0.1) is 5.10 Å². The number of aliphatic hydroxyl groups excluding tert-OH is 1. The average molecular weight is 294 g/mol. The molecule has 0 bridgehead atoms. The summed E-state index contributed by atoms with van der Waals surface area (Å²) >= 11 is 1.33. The molecule has 2 aromatic rings. The molecule has 0 atom stereocenters. The molecule has 1 aromatic carbocycles. The third-order valence-electron chi connectivity index (χ3n) is 2.42. The number of thioether (sulfide) groups is 1. The van der Waals surface area contributed by atoms with E-state index in [9.17, 15) is 4.79 Å². The standard InChI is InChI=1S/C13H14N2O4S/c1-2-18-12(17)11-14-15-13(19-11)20-8-10-5-3-9(7-16)4-6-10/h3-6,16H,2,7-8H2,1H3. The Bertz CT molecular complexity index is 568. The largest absolute Gasteiger partial charge is 0.459 e. The van der Waals surface area contributed by atoms with Gasteiger partial charge >= 0.3 is 11.9 Å². The number of carbonyl (C=O) groups excluding carboxylic acids is 1. The first-order valence-electron chi connectivity index (χ1n) is 6.05. The van der Waals surface area contributed by atoms with Crippen LogP contribution in [0.25, 0.3) is 0 Å². The molecule has 0 saturated heterocycles. The highest BCUT2D eigenvalue weighted by Crippen LogP contribution is 2.21. The number of ether oxygens (including phenoxy) is 1. The van der Waals surface area contributed by atoms with Gasteiger partial charge in [0.15, 0.2) is 0 Å².